The highest BCUT2D eigenvalue weighted by molar-refractivity contribution is 6.11. The zero-order valence-corrected chi connectivity index (χ0v) is 23.8. The number of pyridine rings is 1. The van der Waals surface area contributed by atoms with Crippen molar-refractivity contribution in [3.8, 4) is 17.2 Å². The van der Waals surface area contributed by atoms with Crippen LogP contribution in [0.2, 0.25) is 0 Å². The van der Waals surface area contributed by atoms with Gasteiger partial charge in [0.1, 0.15) is 0 Å². The van der Waals surface area contributed by atoms with Gasteiger partial charge < -0.3 is 28.6 Å². The van der Waals surface area contributed by atoms with E-state index in [9.17, 15) is 0 Å². The molecule has 2 aromatic heterocycles. The lowest BCUT2D eigenvalue weighted by molar-refractivity contribution is 0.308. The van der Waals surface area contributed by atoms with Crippen molar-refractivity contribution >= 4 is 27.6 Å². The molecule has 204 valence electrons. The summed E-state index contributed by atoms with van der Waals surface area (Å²) in [6.45, 7) is 12.1. The number of benzene rings is 2. The van der Waals surface area contributed by atoms with Crippen molar-refractivity contribution in [2.75, 3.05) is 52.4 Å². The Hall–Kier alpha value is -3.45. The van der Waals surface area contributed by atoms with E-state index in [0.717, 1.165) is 56.9 Å². The van der Waals surface area contributed by atoms with E-state index in [0.29, 0.717) is 23.8 Å². The Morgan fingerprint density at radius 1 is 0.816 bits per heavy atom. The van der Waals surface area contributed by atoms with Crippen LogP contribution in [0.1, 0.15) is 39.2 Å². The fourth-order valence-electron chi connectivity index (χ4n) is 5.32. The minimum absolute atomic E-state index is 0.611. The number of para-hydroxylation sites is 1. The second-order valence-corrected chi connectivity index (χ2v) is 9.49. The first-order valence-electron chi connectivity index (χ1n) is 13.7. The van der Waals surface area contributed by atoms with Crippen molar-refractivity contribution in [1.29, 1.82) is 0 Å². The number of methoxy groups -OCH3 is 3. The first-order chi connectivity index (χ1) is 18.6. The Bertz CT molecular complexity index is 1350. The molecule has 4 aromatic rings. The highest BCUT2D eigenvalue weighted by Crippen LogP contribution is 2.41. The van der Waals surface area contributed by atoms with E-state index < -0.39 is 0 Å². The van der Waals surface area contributed by atoms with E-state index in [-0.39, 0.29) is 0 Å². The van der Waals surface area contributed by atoms with Gasteiger partial charge in [0.05, 0.1) is 26.8 Å². The van der Waals surface area contributed by atoms with Crippen molar-refractivity contribution in [3.05, 3.63) is 54.2 Å². The van der Waals surface area contributed by atoms with E-state index in [2.05, 4.69) is 71.5 Å². The van der Waals surface area contributed by atoms with Gasteiger partial charge in [-0.2, -0.15) is 0 Å². The third-order valence-corrected chi connectivity index (χ3v) is 7.42. The average Bonchev–Trinajstić information content (AvgIpc) is 3.29. The predicted molar refractivity (Wildman–Crippen MR) is 157 cm³/mol. The number of aryl methyl sites for hydroxylation is 1. The highest BCUT2D eigenvalue weighted by Gasteiger charge is 2.23. The second-order valence-electron chi connectivity index (χ2n) is 9.49. The summed E-state index contributed by atoms with van der Waals surface area (Å²) in [6.07, 6.45) is 4.20. The summed E-state index contributed by atoms with van der Waals surface area (Å²) in [7, 11) is 4.98. The number of hydrogen-bond acceptors (Lipinski definition) is 6. The third kappa shape index (κ3) is 5.39. The maximum absolute atomic E-state index is 5.86. The lowest BCUT2D eigenvalue weighted by Gasteiger charge is -2.29. The minimum atomic E-state index is 0.611. The standard InChI is InChI=1S/C31H42N4O3/c1-7-10-19-35-26-14-12-11-13-24(26)25-17-18-32-31(28(25)35)34(21-20-33(8-2)9-3)22-23-15-16-27(36-4)30(38-6)29(23)37-5/h11-18H,7-10,19-22H2,1-6H3. The summed E-state index contributed by atoms with van der Waals surface area (Å²) in [4.78, 5) is 9.86. The Morgan fingerprint density at radius 2 is 1.58 bits per heavy atom. The topological polar surface area (TPSA) is 52.0 Å². The average molecular weight is 519 g/mol. The number of rotatable bonds is 14. The maximum atomic E-state index is 5.86. The molecule has 0 aliphatic heterocycles. The molecule has 0 aliphatic carbocycles. The first-order valence-corrected chi connectivity index (χ1v) is 13.7. The van der Waals surface area contributed by atoms with Crippen LogP contribution in [0.3, 0.4) is 0 Å². The van der Waals surface area contributed by atoms with Crippen molar-refractivity contribution in [2.24, 2.45) is 0 Å². The second kappa shape index (κ2) is 12.9. The molecule has 7 nitrogen and oxygen atoms in total. The largest absolute Gasteiger partial charge is 0.493 e. The quantitative estimate of drug-likeness (QED) is 0.194. The van der Waals surface area contributed by atoms with Gasteiger partial charge in [0.15, 0.2) is 17.3 Å². The van der Waals surface area contributed by atoms with Crippen molar-refractivity contribution < 1.29 is 14.2 Å². The lowest BCUT2D eigenvalue weighted by Crippen LogP contribution is -2.35. The van der Waals surface area contributed by atoms with Crippen LogP contribution in [0.5, 0.6) is 17.2 Å². The number of anilines is 1. The van der Waals surface area contributed by atoms with Crippen LogP contribution in [0, 0.1) is 0 Å². The molecule has 0 N–H and O–H groups in total. The molecule has 0 atom stereocenters. The van der Waals surface area contributed by atoms with Gasteiger partial charge in [-0.05, 0) is 43.8 Å². The van der Waals surface area contributed by atoms with E-state index in [1.165, 1.54) is 21.8 Å². The fraction of sp³-hybridized carbons (Fsp3) is 0.452. The van der Waals surface area contributed by atoms with Crippen molar-refractivity contribution in [2.45, 2.75) is 46.7 Å². The molecule has 2 heterocycles. The van der Waals surface area contributed by atoms with E-state index >= 15 is 0 Å². The number of nitrogens with zero attached hydrogens (tertiary/aromatic N) is 4. The Labute approximate surface area is 226 Å². The number of likely N-dealkylation sites (N-methyl/N-ethyl adjacent to an activating group) is 1. The summed E-state index contributed by atoms with van der Waals surface area (Å²) in [5, 5.41) is 2.52. The lowest BCUT2D eigenvalue weighted by atomic mass is 10.1. The molecule has 0 unspecified atom stereocenters. The van der Waals surface area contributed by atoms with Crippen LogP contribution in [-0.4, -0.2) is 62.0 Å². The fourth-order valence-corrected chi connectivity index (χ4v) is 5.32. The smallest absolute Gasteiger partial charge is 0.203 e. The Kier molecular flexibility index (Phi) is 9.34. The van der Waals surface area contributed by atoms with E-state index in [4.69, 9.17) is 19.2 Å². The third-order valence-electron chi connectivity index (χ3n) is 7.42. The molecule has 4 rings (SSSR count). The molecule has 0 amide bonds. The van der Waals surface area contributed by atoms with Gasteiger partial charge in [0.2, 0.25) is 5.75 Å². The van der Waals surface area contributed by atoms with Crippen LogP contribution < -0.4 is 19.1 Å². The molecule has 0 bridgehead atoms. The van der Waals surface area contributed by atoms with Gasteiger partial charge in [-0.3, -0.25) is 0 Å². The number of unbranched alkanes of at least 4 members (excludes halogenated alkanes) is 1. The number of ether oxygens (including phenoxy) is 3. The van der Waals surface area contributed by atoms with Gasteiger partial charge in [0, 0.05) is 54.2 Å². The van der Waals surface area contributed by atoms with Gasteiger partial charge in [-0.15, -0.1) is 0 Å². The molecule has 0 saturated heterocycles. The summed E-state index contributed by atoms with van der Waals surface area (Å²) >= 11 is 0. The van der Waals surface area contributed by atoms with Crippen LogP contribution in [0.15, 0.2) is 48.7 Å². The summed E-state index contributed by atoms with van der Waals surface area (Å²) in [6, 6.07) is 14.9. The molecule has 0 spiro atoms. The Morgan fingerprint density at radius 3 is 2.26 bits per heavy atom. The molecular formula is C31H42N4O3. The number of fused-ring (bicyclic) bond motifs is 3. The molecular weight excluding hydrogens is 476 g/mol. The molecule has 0 saturated carbocycles. The van der Waals surface area contributed by atoms with Crippen LogP contribution >= 0.6 is 0 Å². The van der Waals surface area contributed by atoms with Crippen molar-refractivity contribution in [1.82, 2.24) is 14.5 Å². The highest BCUT2D eigenvalue weighted by atomic mass is 16.5. The Balaban J connectivity index is 1.88. The van der Waals surface area contributed by atoms with E-state index in [1.54, 1.807) is 21.3 Å². The van der Waals surface area contributed by atoms with Gasteiger partial charge in [-0.25, -0.2) is 4.98 Å². The monoisotopic (exact) mass is 518 g/mol. The molecule has 7 heteroatoms. The van der Waals surface area contributed by atoms with Gasteiger partial charge >= 0.3 is 0 Å². The summed E-state index contributed by atoms with van der Waals surface area (Å²) in [5.41, 5.74) is 3.48. The minimum Gasteiger partial charge on any atom is -0.493 e. The molecule has 2 aromatic carbocycles. The number of hydrogen-bond donors (Lipinski definition) is 0. The zero-order valence-electron chi connectivity index (χ0n) is 23.8. The van der Waals surface area contributed by atoms with Crippen molar-refractivity contribution in [3.63, 3.8) is 0 Å². The molecule has 38 heavy (non-hydrogen) atoms. The normalized spacial score (nSPS) is 11.4. The first kappa shape index (κ1) is 27.6. The van der Waals surface area contributed by atoms with E-state index in [1.807, 2.05) is 12.3 Å². The van der Waals surface area contributed by atoms with Gasteiger partial charge in [-0.1, -0.05) is 45.4 Å². The van der Waals surface area contributed by atoms with Crippen LogP contribution in [0.25, 0.3) is 21.8 Å². The SMILES string of the molecule is CCCCn1c2ccccc2c2ccnc(N(CCN(CC)CC)Cc3ccc(OC)c(OC)c3OC)c21. The molecule has 0 aliphatic rings. The van der Waals surface area contributed by atoms with Crippen LogP contribution in [-0.2, 0) is 13.1 Å². The zero-order chi connectivity index (χ0) is 27.1. The molecule has 0 fully saturated rings. The maximum Gasteiger partial charge on any atom is 0.203 e. The number of aromatic nitrogens is 2. The summed E-state index contributed by atoms with van der Waals surface area (Å²) < 4.78 is 19.6. The predicted octanol–water partition coefficient (Wildman–Crippen LogP) is 6.36. The van der Waals surface area contributed by atoms with Crippen LogP contribution in [0.4, 0.5) is 5.82 Å². The summed E-state index contributed by atoms with van der Waals surface area (Å²) in [5.74, 6) is 2.96. The molecule has 0 radical (unpaired) electrons. The van der Waals surface area contributed by atoms with Gasteiger partial charge in [0.25, 0.3) is 0 Å².